The molecule has 0 spiro atoms. The van der Waals surface area contributed by atoms with Crippen LogP contribution in [-0.2, 0) is 9.53 Å². The summed E-state index contributed by atoms with van der Waals surface area (Å²) in [5.74, 6) is 0.000464. The minimum atomic E-state index is 0.000464. The summed E-state index contributed by atoms with van der Waals surface area (Å²) < 4.78 is 5.22. The average Bonchev–Trinajstić information content (AvgIpc) is 2.93. The van der Waals surface area contributed by atoms with Crippen molar-refractivity contribution in [2.45, 2.75) is 109 Å². The van der Waals surface area contributed by atoms with Gasteiger partial charge in [-0.3, -0.25) is 4.79 Å². The summed E-state index contributed by atoms with van der Waals surface area (Å²) in [7, 11) is 0. The molecule has 2 heteroatoms. The van der Waals surface area contributed by atoms with E-state index in [1.165, 1.54) is 77.0 Å². The minimum absolute atomic E-state index is 0.000464. The van der Waals surface area contributed by atoms with Crippen molar-refractivity contribution in [3.8, 4) is 0 Å². The second-order valence-electron chi connectivity index (χ2n) is 6.67. The van der Waals surface area contributed by atoms with Gasteiger partial charge in [-0.1, -0.05) is 64.0 Å². The quantitative estimate of drug-likeness (QED) is 0.213. The standard InChI is InChI=1S/C20H36O2/c1-2-3-4-5-6-7-8-9-10-11-12-13-14-15-16-19-17-18-20(21)22-19/h9-10,19H,2-8,11-18H2,1H3/b10-9-. The van der Waals surface area contributed by atoms with Crippen molar-refractivity contribution in [1.29, 1.82) is 0 Å². The molecular formula is C20H36O2. The van der Waals surface area contributed by atoms with Crippen molar-refractivity contribution in [3.05, 3.63) is 12.2 Å². The molecule has 128 valence electrons. The Morgan fingerprint density at radius 1 is 0.909 bits per heavy atom. The molecule has 1 fully saturated rings. The summed E-state index contributed by atoms with van der Waals surface area (Å²) in [6, 6.07) is 0. The molecule has 0 radical (unpaired) electrons. The molecule has 0 N–H and O–H groups in total. The summed E-state index contributed by atoms with van der Waals surface area (Å²) in [4.78, 5) is 11.0. The minimum Gasteiger partial charge on any atom is -0.462 e. The van der Waals surface area contributed by atoms with Crippen LogP contribution >= 0.6 is 0 Å². The van der Waals surface area contributed by atoms with Gasteiger partial charge in [0.2, 0.25) is 0 Å². The fraction of sp³-hybridized carbons (Fsp3) is 0.850. The second-order valence-corrected chi connectivity index (χ2v) is 6.67. The van der Waals surface area contributed by atoms with E-state index in [0.29, 0.717) is 6.42 Å². The number of esters is 1. The lowest BCUT2D eigenvalue weighted by atomic mass is 10.1. The van der Waals surface area contributed by atoms with Crippen LogP contribution in [0.1, 0.15) is 103 Å². The number of allylic oxidation sites excluding steroid dienone is 2. The van der Waals surface area contributed by atoms with E-state index in [4.69, 9.17) is 4.74 Å². The van der Waals surface area contributed by atoms with Crippen molar-refractivity contribution < 1.29 is 9.53 Å². The predicted molar refractivity (Wildman–Crippen MR) is 93.9 cm³/mol. The molecule has 1 unspecified atom stereocenters. The lowest BCUT2D eigenvalue weighted by Crippen LogP contribution is -2.06. The molecule has 0 bridgehead atoms. The van der Waals surface area contributed by atoms with E-state index in [2.05, 4.69) is 19.1 Å². The van der Waals surface area contributed by atoms with Crippen molar-refractivity contribution in [2.24, 2.45) is 0 Å². The Labute approximate surface area is 137 Å². The molecule has 0 aromatic rings. The Kier molecular flexibility index (Phi) is 12.1. The zero-order valence-electron chi connectivity index (χ0n) is 14.7. The molecule has 1 saturated heterocycles. The lowest BCUT2D eigenvalue weighted by Gasteiger charge is -2.07. The highest BCUT2D eigenvalue weighted by Gasteiger charge is 2.22. The molecule has 22 heavy (non-hydrogen) atoms. The lowest BCUT2D eigenvalue weighted by molar-refractivity contribution is -0.141. The fourth-order valence-corrected chi connectivity index (χ4v) is 3.05. The third-order valence-corrected chi connectivity index (χ3v) is 4.51. The van der Waals surface area contributed by atoms with Crippen LogP contribution in [0.15, 0.2) is 12.2 Å². The first kappa shape index (κ1) is 19.3. The van der Waals surface area contributed by atoms with Gasteiger partial charge < -0.3 is 4.74 Å². The summed E-state index contributed by atoms with van der Waals surface area (Å²) in [6.07, 6.45) is 23.5. The van der Waals surface area contributed by atoms with E-state index >= 15 is 0 Å². The van der Waals surface area contributed by atoms with Crippen molar-refractivity contribution in [2.75, 3.05) is 0 Å². The zero-order valence-corrected chi connectivity index (χ0v) is 14.7. The second kappa shape index (κ2) is 13.8. The van der Waals surface area contributed by atoms with Crippen LogP contribution < -0.4 is 0 Å². The fourth-order valence-electron chi connectivity index (χ4n) is 3.05. The average molecular weight is 309 g/mol. The van der Waals surface area contributed by atoms with E-state index < -0.39 is 0 Å². The van der Waals surface area contributed by atoms with Crippen LogP contribution in [0.3, 0.4) is 0 Å². The van der Waals surface area contributed by atoms with Crippen LogP contribution in [-0.4, -0.2) is 12.1 Å². The van der Waals surface area contributed by atoms with Crippen LogP contribution in [0.25, 0.3) is 0 Å². The van der Waals surface area contributed by atoms with E-state index in [0.717, 1.165) is 12.8 Å². The van der Waals surface area contributed by atoms with Gasteiger partial charge in [0.25, 0.3) is 0 Å². The van der Waals surface area contributed by atoms with Gasteiger partial charge in [0.1, 0.15) is 6.10 Å². The number of cyclic esters (lactones) is 1. The normalized spacial score (nSPS) is 18.2. The van der Waals surface area contributed by atoms with Crippen LogP contribution in [0, 0.1) is 0 Å². The molecule has 1 aliphatic rings. The summed E-state index contributed by atoms with van der Waals surface area (Å²) in [5, 5.41) is 0. The highest BCUT2D eigenvalue weighted by molar-refractivity contribution is 5.71. The van der Waals surface area contributed by atoms with Gasteiger partial charge >= 0.3 is 5.97 Å². The van der Waals surface area contributed by atoms with Gasteiger partial charge in [-0.25, -0.2) is 0 Å². The molecule has 1 atom stereocenters. The van der Waals surface area contributed by atoms with Gasteiger partial charge in [-0.15, -0.1) is 0 Å². The monoisotopic (exact) mass is 308 g/mol. The van der Waals surface area contributed by atoms with Crippen molar-refractivity contribution in [3.63, 3.8) is 0 Å². The first-order valence-electron chi connectivity index (χ1n) is 9.67. The zero-order chi connectivity index (χ0) is 15.9. The van der Waals surface area contributed by atoms with Crippen LogP contribution in [0.4, 0.5) is 0 Å². The summed E-state index contributed by atoms with van der Waals surface area (Å²) in [6.45, 7) is 2.27. The molecule has 0 aromatic carbocycles. The predicted octanol–water partition coefficient (Wildman–Crippen LogP) is 6.34. The van der Waals surface area contributed by atoms with Gasteiger partial charge in [-0.05, 0) is 44.9 Å². The number of rotatable bonds is 14. The Bertz CT molecular complexity index is 296. The number of ether oxygens (including phenoxy) is 1. The topological polar surface area (TPSA) is 26.3 Å². The maximum atomic E-state index is 11.0. The number of unbranched alkanes of at least 4 members (excludes halogenated alkanes) is 10. The molecule has 0 aliphatic carbocycles. The number of hydrogen-bond acceptors (Lipinski definition) is 2. The Morgan fingerprint density at radius 2 is 1.50 bits per heavy atom. The first-order valence-corrected chi connectivity index (χ1v) is 9.67. The van der Waals surface area contributed by atoms with Gasteiger partial charge in [0, 0.05) is 6.42 Å². The summed E-state index contributed by atoms with van der Waals surface area (Å²) >= 11 is 0. The molecule has 1 rings (SSSR count). The highest BCUT2D eigenvalue weighted by atomic mass is 16.5. The van der Waals surface area contributed by atoms with Gasteiger partial charge in [0.05, 0.1) is 0 Å². The first-order chi connectivity index (χ1) is 10.8. The molecular weight excluding hydrogens is 272 g/mol. The van der Waals surface area contributed by atoms with Crippen molar-refractivity contribution in [1.82, 2.24) is 0 Å². The van der Waals surface area contributed by atoms with E-state index in [9.17, 15) is 4.79 Å². The molecule has 1 aliphatic heterocycles. The van der Waals surface area contributed by atoms with E-state index in [1.807, 2.05) is 0 Å². The molecule has 1 heterocycles. The van der Waals surface area contributed by atoms with Crippen molar-refractivity contribution >= 4 is 5.97 Å². The molecule has 2 nitrogen and oxygen atoms in total. The Balaban J connectivity index is 1.75. The number of hydrogen-bond donors (Lipinski definition) is 0. The number of carbonyl (C=O) groups is 1. The van der Waals surface area contributed by atoms with Gasteiger partial charge in [0.15, 0.2) is 0 Å². The molecule has 0 aromatic heterocycles. The maximum Gasteiger partial charge on any atom is 0.306 e. The maximum absolute atomic E-state index is 11.0. The van der Waals surface area contributed by atoms with Crippen LogP contribution in [0.2, 0.25) is 0 Å². The Morgan fingerprint density at radius 3 is 2.09 bits per heavy atom. The van der Waals surface area contributed by atoms with Gasteiger partial charge in [-0.2, -0.15) is 0 Å². The Hall–Kier alpha value is -0.790. The SMILES string of the molecule is CCCCCCCC/C=C\CCCCCCC1CCC(=O)O1. The smallest absolute Gasteiger partial charge is 0.306 e. The third-order valence-electron chi connectivity index (χ3n) is 4.51. The number of carbonyl (C=O) groups excluding carboxylic acids is 1. The summed E-state index contributed by atoms with van der Waals surface area (Å²) in [5.41, 5.74) is 0. The molecule has 0 amide bonds. The third kappa shape index (κ3) is 10.9. The largest absolute Gasteiger partial charge is 0.462 e. The van der Waals surface area contributed by atoms with E-state index in [-0.39, 0.29) is 12.1 Å². The highest BCUT2D eigenvalue weighted by Crippen LogP contribution is 2.19. The van der Waals surface area contributed by atoms with E-state index in [1.54, 1.807) is 0 Å². The molecule has 0 saturated carbocycles. The van der Waals surface area contributed by atoms with Crippen LogP contribution in [0.5, 0.6) is 0 Å².